The van der Waals surface area contributed by atoms with Gasteiger partial charge in [-0.15, -0.1) is 0 Å². The molecule has 0 aliphatic heterocycles. The van der Waals surface area contributed by atoms with Crippen molar-refractivity contribution in [1.82, 2.24) is 0 Å². The number of benzene rings is 3. The maximum absolute atomic E-state index is 12.7. The molecule has 0 heterocycles. The van der Waals surface area contributed by atoms with Gasteiger partial charge < -0.3 is 9.47 Å². The van der Waals surface area contributed by atoms with Crippen LogP contribution in [0.2, 0.25) is 10.0 Å². The molecule has 30 heavy (non-hydrogen) atoms. The average molecular weight is 551 g/mol. The summed E-state index contributed by atoms with van der Waals surface area (Å²) < 4.78 is 12.5. The first-order chi connectivity index (χ1) is 14.5. The van der Waals surface area contributed by atoms with Gasteiger partial charge in [-0.1, -0.05) is 53.5 Å². The van der Waals surface area contributed by atoms with Crippen molar-refractivity contribution in [2.75, 3.05) is 7.11 Å². The zero-order valence-corrected chi connectivity index (χ0v) is 19.7. The SMILES string of the molecule is COc1cc(/C=C2\Cc3ccccc3C2=O)cc(I)c1OCc1ccc(Cl)cc1Cl. The van der Waals surface area contributed by atoms with Gasteiger partial charge in [0.2, 0.25) is 0 Å². The highest BCUT2D eigenvalue weighted by Crippen LogP contribution is 2.37. The van der Waals surface area contributed by atoms with Gasteiger partial charge in [0.1, 0.15) is 6.61 Å². The maximum atomic E-state index is 12.7. The van der Waals surface area contributed by atoms with E-state index in [9.17, 15) is 4.79 Å². The summed E-state index contributed by atoms with van der Waals surface area (Å²) in [5, 5.41) is 1.13. The van der Waals surface area contributed by atoms with E-state index in [4.69, 9.17) is 32.7 Å². The molecule has 1 aliphatic rings. The minimum Gasteiger partial charge on any atom is -0.493 e. The van der Waals surface area contributed by atoms with Gasteiger partial charge in [-0.05, 0) is 64.1 Å². The van der Waals surface area contributed by atoms with Crippen LogP contribution in [0.4, 0.5) is 0 Å². The summed E-state index contributed by atoms with van der Waals surface area (Å²) >= 11 is 14.4. The zero-order chi connectivity index (χ0) is 21.3. The first kappa shape index (κ1) is 21.2. The predicted molar refractivity (Wildman–Crippen MR) is 129 cm³/mol. The Kier molecular flexibility index (Phi) is 6.37. The quantitative estimate of drug-likeness (QED) is 0.253. The highest BCUT2D eigenvalue weighted by Gasteiger charge is 2.24. The summed E-state index contributed by atoms with van der Waals surface area (Å²) in [6.07, 6.45) is 2.56. The van der Waals surface area contributed by atoms with E-state index in [1.165, 1.54) is 0 Å². The largest absolute Gasteiger partial charge is 0.493 e. The highest BCUT2D eigenvalue weighted by atomic mass is 127. The van der Waals surface area contributed by atoms with Gasteiger partial charge in [-0.3, -0.25) is 4.79 Å². The Morgan fingerprint density at radius 1 is 1.10 bits per heavy atom. The molecular weight excluding hydrogens is 534 g/mol. The van der Waals surface area contributed by atoms with Crippen molar-refractivity contribution in [2.24, 2.45) is 0 Å². The molecule has 1 aliphatic carbocycles. The second-order valence-corrected chi connectivity index (χ2v) is 8.90. The number of halogens is 3. The molecule has 3 aromatic carbocycles. The number of carbonyl (C=O) groups excluding carboxylic acids is 1. The van der Waals surface area contributed by atoms with Gasteiger partial charge in [0.15, 0.2) is 17.3 Å². The molecule has 0 saturated carbocycles. The van der Waals surface area contributed by atoms with Crippen LogP contribution in [-0.4, -0.2) is 12.9 Å². The minimum absolute atomic E-state index is 0.0808. The molecule has 0 bridgehead atoms. The summed E-state index contributed by atoms with van der Waals surface area (Å²) in [7, 11) is 1.60. The second kappa shape index (κ2) is 9.00. The zero-order valence-electron chi connectivity index (χ0n) is 16.0. The fourth-order valence-corrected chi connectivity index (χ4v) is 4.67. The topological polar surface area (TPSA) is 35.5 Å². The van der Waals surface area contributed by atoms with Crippen molar-refractivity contribution in [3.8, 4) is 11.5 Å². The van der Waals surface area contributed by atoms with E-state index in [1.54, 1.807) is 19.2 Å². The Balaban J connectivity index is 1.59. The molecule has 0 unspecified atom stereocenters. The molecule has 0 spiro atoms. The van der Waals surface area contributed by atoms with Crippen LogP contribution in [0.15, 0.2) is 60.2 Å². The minimum atomic E-state index is 0.0808. The van der Waals surface area contributed by atoms with Crippen LogP contribution < -0.4 is 9.47 Å². The van der Waals surface area contributed by atoms with E-state index in [0.717, 1.165) is 31.4 Å². The summed E-state index contributed by atoms with van der Waals surface area (Å²) in [5.41, 5.74) is 4.35. The monoisotopic (exact) mass is 550 g/mol. The van der Waals surface area contributed by atoms with Crippen LogP contribution in [0.3, 0.4) is 0 Å². The fourth-order valence-electron chi connectivity index (χ4n) is 3.42. The molecule has 0 atom stereocenters. The smallest absolute Gasteiger partial charge is 0.189 e. The van der Waals surface area contributed by atoms with Crippen molar-refractivity contribution >= 4 is 57.7 Å². The molecular formula is C24H17Cl2IO3. The number of rotatable bonds is 5. The van der Waals surface area contributed by atoms with Crippen molar-refractivity contribution in [1.29, 1.82) is 0 Å². The molecule has 6 heteroatoms. The van der Waals surface area contributed by atoms with Crippen molar-refractivity contribution in [3.63, 3.8) is 0 Å². The molecule has 3 aromatic rings. The second-order valence-electron chi connectivity index (χ2n) is 6.89. The number of ether oxygens (including phenoxy) is 2. The highest BCUT2D eigenvalue weighted by molar-refractivity contribution is 14.1. The van der Waals surface area contributed by atoms with Gasteiger partial charge in [0.25, 0.3) is 0 Å². The number of methoxy groups -OCH3 is 1. The fraction of sp³-hybridized carbons (Fsp3) is 0.125. The van der Waals surface area contributed by atoms with Gasteiger partial charge in [-0.25, -0.2) is 0 Å². The maximum Gasteiger partial charge on any atom is 0.189 e. The van der Waals surface area contributed by atoms with Crippen LogP contribution in [0.1, 0.15) is 27.0 Å². The van der Waals surface area contributed by atoms with Crippen LogP contribution >= 0.6 is 45.8 Å². The molecule has 0 aromatic heterocycles. The summed E-state index contributed by atoms with van der Waals surface area (Å²) in [6, 6.07) is 16.9. The number of hydrogen-bond donors (Lipinski definition) is 0. The molecule has 0 fully saturated rings. The summed E-state index contributed by atoms with van der Waals surface area (Å²) in [5.74, 6) is 1.31. The molecule has 4 rings (SSSR count). The number of fused-ring (bicyclic) bond motifs is 1. The van der Waals surface area contributed by atoms with Crippen LogP contribution in [0.5, 0.6) is 11.5 Å². The summed E-state index contributed by atoms with van der Waals surface area (Å²) in [6.45, 7) is 0.288. The van der Waals surface area contributed by atoms with Crippen LogP contribution in [0.25, 0.3) is 6.08 Å². The number of carbonyl (C=O) groups is 1. The van der Waals surface area contributed by atoms with E-state index in [1.807, 2.05) is 48.5 Å². The third-order valence-corrected chi connectivity index (χ3v) is 6.30. The third kappa shape index (κ3) is 4.36. The number of Topliss-reactive ketones (excluding diaryl/α,β-unsaturated/α-hetero) is 1. The third-order valence-electron chi connectivity index (χ3n) is 4.91. The van der Waals surface area contributed by atoms with Crippen molar-refractivity contribution < 1.29 is 14.3 Å². The summed E-state index contributed by atoms with van der Waals surface area (Å²) in [4.78, 5) is 12.7. The Morgan fingerprint density at radius 3 is 2.63 bits per heavy atom. The lowest BCUT2D eigenvalue weighted by atomic mass is 10.1. The van der Waals surface area contributed by atoms with Gasteiger partial charge in [-0.2, -0.15) is 0 Å². The molecule has 0 N–H and O–H groups in total. The average Bonchev–Trinajstić information content (AvgIpc) is 3.03. The number of ketones is 1. The Bertz CT molecular complexity index is 1170. The van der Waals surface area contributed by atoms with E-state index >= 15 is 0 Å². The lowest BCUT2D eigenvalue weighted by Gasteiger charge is -2.14. The van der Waals surface area contributed by atoms with E-state index in [2.05, 4.69) is 22.6 Å². The number of allylic oxidation sites excluding steroid dienone is 1. The Hall–Kier alpha value is -2.02. The lowest BCUT2D eigenvalue weighted by molar-refractivity contribution is 0.104. The van der Waals surface area contributed by atoms with Crippen LogP contribution in [-0.2, 0) is 13.0 Å². The predicted octanol–water partition coefficient (Wildman–Crippen LogP) is 7.01. The molecule has 152 valence electrons. The van der Waals surface area contributed by atoms with Gasteiger partial charge >= 0.3 is 0 Å². The molecule has 0 saturated heterocycles. The van der Waals surface area contributed by atoms with Gasteiger partial charge in [0.05, 0.1) is 10.7 Å². The molecule has 0 amide bonds. The lowest BCUT2D eigenvalue weighted by Crippen LogP contribution is -2.01. The Morgan fingerprint density at radius 2 is 1.90 bits per heavy atom. The van der Waals surface area contributed by atoms with E-state index in [-0.39, 0.29) is 12.4 Å². The standard InChI is InChI=1S/C24H17Cl2IO3/c1-29-22-10-14(8-17-11-15-4-2-3-5-19(15)23(17)28)9-21(27)24(22)30-13-16-6-7-18(25)12-20(16)26/h2-10,12H,11,13H2,1H3/b17-8+. The first-order valence-corrected chi connectivity index (χ1v) is 11.1. The molecule has 0 radical (unpaired) electrons. The number of hydrogen-bond acceptors (Lipinski definition) is 3. The van der Waals surface area contributed by atoms with Gasteiger partial charge in [0, 0.05) is 33.2 Å². The van der Waals surface area contributed by atoms with Crippen LogP contribution in [0, 0.1) is 3.57 Å². The van der Waals surface area contributed by atoms with E-state index < -0.39 is 0 Å². The Labute approximate surface area is 198 Å². The first-order valence-electron chi connectivity index (χ1n) is 9.23. The molecule has 3 nitrogen and oxygen atoms in total. The van der Waals surface area contributed by atoms with Crippen molar-refractivity contribution in [3.05, 3.63) is 96.0 Å². The van der Waals surface area contributed by atoms with E-state index in [0.29, 0.717) is 28.0 Å². The van der Waals surface area contributed by atoms with Crippen molar-refractivity contribution in [2.45, 2.75) is 13.0 Å². The normalized spacial score (nSPS) is 14.1.